The molecule has 2 aromatic heterocycles. The molecule has 0 spiro atoms. The van der Waals surface area contributed by atoms with Gasteiger partial charge in [-0.1, -0.05) is 11.6 Å². The zero-order valence-corrected chi connectivity index (χ0v) is 18.6. The van der Waals surface area contributed by atoms with Gasteiger partial charge in [-0.3, -0.25) is 4.57 Å². The first kappa shape index (κ1) is 25.2. The summed E-state index contributed by atoms with van der Waals surface area (Å²) in [6.45, 7) is -2.10. The molecule has 0 bridgehead atoms. The molecule has 3 aromatic rings. The Morgan fingerprint density at radius 1 is 1.06 bits per heavy atom. The highest BCUT2D eigenvalue weighted by Gasteiger charge is 2.39. The van der Waals surface area contributed by atoms with Crippen LogP contribution in [0.5, 0.6) is 0 Å². The zero-order chi connectivity index (χ0) is 24.6. The van der Waals surface area contributed by atoms with E-state index in [1.54, 1.807) is 0 Å². The number of halogens is 8. The molecule has 1 unspecified atom stereocenters. The van der Waals surface area contributed by atoms with Crippen LogP contribution in [0.15, 0.2) is 33.8 Å². The Hall–Kier alpha value is -2.39. The molecule has 16 heteroatoms. The van der Waals surface area contributed by atoms with Crippen molar-refractivity contribution in [2.75, 3.05) is 0 Å². The fourth-order valence-electron chi connectivity index (χ4n) is 2.74. The highest BCUT2D eigenvalue weighted by molar-refractivity contribution is 9.10. The number of aliphatic hydroxyl groups is 1. The van der Waals surface area contributed by atoms with Crippen LogP contribution in [-0.4, -0.2) is 52.7 Å². The van der Waals surface area contributed by atoms with Gasteiger partial charge < -0.3 is 5.11 Å². The largest absolute Gasteiger partial charge is 0.416 e. The van der Waals surface area contributed by atoms with Crippen molar-refractivity contribution in [2.45, 2.75) is 44.5 Å². The predicted molar refractivity (Wildman–Crippen MR) is 106 cm³/mol. The van der Waals surface area contributed by atoms with E-state index < -0.39 is 50.2 Å². The Bertz CT molecular complexity index is 1170. The Morgan fingerprint density at radius 3 is 2.27 bits per heavy atom. The standard InChI is InChI=1S/C17H14BrClF6N6O2/c18-14-26-12(27-30(14)6-5-16(20,21)22)8-31-15(33)29(7-11(32)17(23,24)25)13(28-31)9-1-3-10(19)4-2-9/h1-4,11,32H,5-8H2. The lowest BCUT2D eigenvalue weighted by Crippen LogP contribution is -2.37. The molecular formula is C17H14BrClF6N6O2. The van der Waals surface area contributed by atoms with Crippen LogP contribution in [0.3, 0.4) is 0 Å². The Kier molecular flexibility index (Phi) is 7.24. The fourth-order valence-corrected chi connectivity index (χ4v) is 3.33. The summed E-state index contributed by atoms with van der Waals surface area (Å²) in [4.78, 5) is 16.7. The van der Waals surface area contributed by atoms with Crippen LogP contribution >= 0.6 is 27.5 Å². The van der Waals surface area contributed by atoms with Crippen LogP contribution in [0.25, 0.3) is 11.4 Å². The molecule has 1 aromatic carbocycles. The number of aryl methyl sites for hydroxylation is 1. The lowest BCUT2D eigenvalue weighted by molar-refractivity contribution is -0.207. The summed E-state index contributed by atoms with van der Waals surface area (Å²) in [6, 6.07) is 5.72. The zero-order valence-electron chi connectivity index (χ0n) is 16.3. The van der Waals surface area contributed by atoms with Crippen molar-refractivity contribution < 1.29 is 31.4 Å². The average molecular weight is 564 g/mol. The Labute approximate surface area is 194 Å². The summed E-state index contributed by atoms with van der Waals surface area (Å²) >= 11 is 8.79. The minimum absolute atomic E-state index is 0.0281. The van der Waals surface area contributed by atoms with Gasteiger partial charge in [-0.05, 0) is 40.2 Å². The van der Waals surface area contributed by atoms with E-state index >= 15 is 0 Å². The maximum absolute atomic E-state index is 12.9. The molecule has 0 aliphatic rings. The lowest BCUT2D eigenvalue weighted by atomic mass is 10.2. The maximum Gasteiger partial charge on any atom is 0.416 e. The van der Waals surface area contributed by atoms with Crippen LogP contribution in [0.2, 0.25) is 5.02 Å². The highest BCUT2D eigenvalue weighted by Crippen LogP contribution is 2.24. The molecule has 1 atom stereocenters. The summed E-state index contributed by atoms with van der Waals surface area (Å²) in [6.07, 6.45) is -13.4. The van der Waals surface area contributed by atoms with E-state index in [0.717, 1.165) is 9.36 Å². The number of benzene rings is 1. The van der Waals surface area contributed by atoms with Crippen LogP contribution in [0.4, 0.5) is 26.3 Å². The average Bonchev–Trinajstić information content (AvgIpc) is 3.20. The van der Waals surface area contributed by atoms with Crippen LogP contribution < -0.4 is 5.69 Å². The highest BCUT2D eigenvalue weighted by atomic mass is 79.9. The van der Waals surface area contributed by atoms with Crippen molar-refractivity contribution in [3.8, 4) is 11.4 Å². The molecule has 0 saturated heterocycles. The number of hydrogen-bond donors (Lipinski definition) is 1. The second-order valence-corrected chi connectivity index (χ2v) is 7.97. The smallest absolute Gasteiger partial charge is 0.382 e. The molecule has 2 heterocycles. The van der Waals surface area contributed by atoms with E-state index in [9.17, 15) is 36.2 Å². The molecule has 1 N–H and O–H groups in total. The molecule has 0 radical (unpaired) electrons. The van der Waals surface area contributed by atoms with Gasteiger partial charge in [-0.25, -0.2) is 19.1 Å². The van der Waals surface area contributed by atoms with E-state index in [1.807, 2.05) is 0 Å². The van der Waals surface area contributed by atoms with Crippen molar-refractivity contribution in [3.05, 3.63) is 50.3 Å². The van der Waals surface area contributed by atoms with Gasteiger partial charge in [0.2, 0.25) is 0 Å². The Balaban J connectivity index is 1.95. The van der Waals surface area contributed by atoms with Gasteiger partial charge in [0, 0.05) is 10.6 Å². The molecule has 3 rings (SSSR count). The minimum Gasteiger partial charge on any atom is -0.382 e. The van der Waals surface area contributed by atoms with E-state index in [4.69, 9.17) is 11.6 Å². The van der Waals surface area contributed by atoms with Gasteiger partial charge in [-0.15, -0.1) is 5.10 Å². The first-order valence-corrected chi connectivity index (χ1v) is 10.3. The van der Waals surface area contributed by atoms with E-state index in [0.29, 0.717) is 9.59 Å². The van der Waals surface area contributed by atoms with Gasteiger partial charge >= 0.3 is 18.0 Å². The molecule has 0 amide bonds. The summed E-state index contributed by atoms with van der Waals surface area (Å²) in [5, 5.41) is 17.7. The summed E-state index contributed by atoms with van der Waals surface area (Å²) in [7, 11) is 0. The van der Waals surface area contributed by atoms with E-state index in [-0.39, 0.29) is 21.9 Å². The number of hydrogen-bond acceptors (Lipinski definition) is 5. The summed E-state index contributed by atoms with van der Waals surface area (Å²) in [5.41, 5.74) is -0.763. The molecule has 0 aliphatic carbocycles. The van der Waals surface area contributed by atoms with E-state index in [2.05, 4.69) is 31.1 Å². The van der Waals surface area contributed by atoms with Gasteiger partial charge in [0.25, 0.3) is 0 Å². The SMILES string of the molecule is O=c1n(Cc2nc(Br)n(CCC(F)(F)F)n2)nc(-c2ccc(Cl)cc2)n1CC(O)C(F)(F)F. The van der Waals surface area contributed by atoms with Crippen molar-refractivity contribution in [3.63, 3.8) is 0 Å². The number of nitrogens with zero attached hydrogens (tertiary/aromatic N) is 6. The molecule has 180 valence electrons. The van der Waals surface area contributed by atoms with E-state index in [1.165, 1.54) is 24.3 Å². The second kappa shape index (κ2) is 9.46. The van der Waals surface area contributed by atoms with Gasteiger partial charge in [-0.2, -0.15) is 31.4 Å². The maximum atomic E-state index is 12.9. The lowest BCUT2D eigenvalue weighted by Gasteiger charge is -2.15. The summed E-state index contributed by atoms with van der Waals surface area (Å²) < 4.78 is 78.3. The molecule has 0 fully saturated rings. The third kappa shape index (κ3) is 6.35. The Morgan fingerprint density at radius 2 is 1.70 bits per heavy atom. The van der Waals surface area contributed by atoms with Crippen LogP contribution in [0.1, 0.15) is 12.2 Å². The number of alkyl halides is 6. The number of aliphatic hydroxyl groups excluding tert-OH is 1. The first-order chi connectivity index (χ1) is 15.2. The molecule has 0 aliphatic heterocycles. The minimum atomic E-state index is -4.98. The van der Waals surface area contributed by atoms with Crippen molar-refractivity contribution in [2.24, 2.45) is 0 Å². The summed E-state index contributed by atoms with van der Waals surface area (Å²) in [5.74, 6) is -0.287. The molecule has 8 nitrogen and oxygen atoms in total. The third-order valence-electron chi connectivity index (χ3n) is 4.33. The molecule has 0 saturated carbocycles. The monoisotopic (exact) mass is 562 g/mol. The van der Waals surface area contributed by atoms with Crippen molar-refractivity contribution >= 4 is 27.5 Å². The van der Waals surface area contributed by atoms with Crippen molar-refractivity contribution in [1.29, 1.82) is 0 Å². The van der Waals surface area contributed by atoms with Gasteiger partial charge in [0.15, 0.2) is 22.5 Å². The van der Waals surface area contributed by atoms with Gasteiger partial charge in [0.1, 0.15) is 6.54 Å². The fraction of sp³-hybridized carbons (Fsp3) is 0.412. The first-order valence-electron chi connectivity index (χ1n) is 9.09. The van der Waals surface area contributed by atoms with Crippen LogP contribution in [-0.2, 0) is 19.6 Å². The van der Waals surface area contributed by atoms with Gasteiger partial charge in [0.05, 0.1) is 19.5 Å². The second-order valence-electron chi connectivity index (χ2n) is 6.82. The topological polar surface area (TPSA) is 90.8 Å². The van der Waals surface area contributed by atoms with Crippen molar-refractivity contribution in [1.82, 2.24) is 29.1 Å². The normalized spacial score (nSPS) is 13.5. The number of rotatable bonds is 7. The van der Waals surface area contributed by atoms with Crippen LogP contribution in [0, 0.1) is 0 Å². The molecule has 33 heavy (non-hydrogen) atoms. The predicted octanol–water partition coefficient (Wildman–Crippen LogP) is 3.64. The molecular weight excluding hydrogens is 550 g/mol. The third-order valence-corrected chi connectivity index (χ3v) is 5.17. The number of aromatic nitrogens is 6. The quantitative estimate of drug-likeness (QED) is 0.444.